The van der Waals surface area contributed by atoms with Gasteiger partial charge in [0.2, 0.25) is 0 Å². The SMILES string of the molecule is CCCCCCCCCCCCCCCCOC(=O)OCCCCCCCCCCCCC. The monoisotopic (exact) mass is 468 g/mol. The van der Waals surface area contributed by atoms with Crippen molar-refractivity contribution in [2.75, 3.05) is 13.2 Å². The molecule has 0 aromatic heterocycles. The van der Waals surface area contributed by atoms with Crippen molar-refractivity contribution < 1.29 is 14.3 Å². The van der Waals surface area contributed by atoms with Gasteiger partial charge in [0.1, 0.15) is 0 Å². The van der Waals surface area contributed by atoms with E-state index in [0.29, 0.717) is 13.2 Å². The standard InChI is InChI=1S/C30H60O3/c1-3-5-7-9-11-13-15-16-17-19-21-23-25-27-29-33-30(31)32-28-26-24-22-20-18-14-12-10-8-6-4-2/h3-29H2,1-2H3. The highest BCUT2D eigenvalue weighted by Crippen LogP contribution is 2.13. The molecule has 0 aliphatic rings. The molecular weight excluding hydrogens is 408 g/mol. The minimum atomic E-state index is -0.475. The van der Waals surface area contributed by atoms with E-state index in [1.165, 1.54) is 135 Å². The molecule has 0 unspecified atom stereocenters. The average Bonchev–Trinajstić information content (AvgIpc) is 2.82. The first kappa shape index (κ1) is 32.3. The highest BCUT2D eigenvalue weighted by Gasteiger charge is 2.03. The predicted octanol–water partition coefficient (Wildman–Crippen LogP) is 10.9. The third kappa shape index (κ3) is 29.2. The summed E-state index contributed by atoms with van der Waals surface area (Å²) in [5.74, 6) is 0. The van der Waals surface area contributed by atoms with Gasteiger partial charge in [-0.15, -0.1) is 0 Å². The van der Waals surface area contributed by atoms with E-state index < -0.39 is 6.16 Å². The summed E-state index contributed by atoms with van der Waals surface area (Å²) in [6.07, 6.45) is 32.6. The smallest absolute Gasteiger partial charge is 0.434 e. The Morgan fingerprint density at radius 1 is 0.364 bits per heavy atom. The number of ether oxygens (including phenoxy) is 2. The van der Waals surface area contributed by atoms with Crippen molar-refractivity contribution in [2.24, 2.45) is 0 Å². The molecule has 3 nitrogen and oxygen atoms in total. The van der Waals surface area contributed by atoms with E-state index in [1.54, 1.807) is 0 Å². The summed E-state index contributed by atoms with van der Waals surface area (Å²) in [4.78, 5) is 11.6. The van der Waals surface area contributed by atoms with Crippen LogP contribution in [0.5, 0.6) is 0 Å². The quantitative estimate of drug-likeness (QED) is 0.0888. The van der Waals surface area contributed by atoms with E-state index in [1.807, 2.05) is 0 Å². The van der Waals surface area contributed by atoms with Crippen LogP contribution in [0.1, 0.15) is 174 Å². The molecular formula is C30H60O3. The van der Waals surface area contributed by atoms with Crippen molar-refractivity contribution in [2.45, 2.75) is 174 Å². The van der Waals surface area contributed by atoms with Gasteiger partial charge in [0.05, 0.1) is 13.2 Å². The molecule has 0 saturated heterocycles. The van der Waals surface area contributed by atoms with Gasteiger partial charge in [0.25, 0.3) is 0 Å². The molecule has 0 heterocycles. The molecule has 0 aromatic rings. The van der Waals surface area contributed by atoms with Crippen LogP contribution in [0.3, 0.4) is 0 Å². The van der Waals surface area contributed by atoms with E-state index in [-0.39, 0.29) is 0 Å². The van der Waals surface area contributed by atoms with E-state index in [9.17, 15) is 4.79 Å². The Morgan fingerprint density at radius 2 is 0.576 bits per heavy atom. The van der Waals surface area contributed by atoms with Gasteiger partial charge in [-0.25, -0.2) is 4.79 Å². The maximum atomic E-state index is 11.6. The lowest BCUT2D eigenvalue weighted by molar-refractivity contribution is 0.0529. The molecule has 0 saturated carbocycles. The zero-order chi connectivity index (χ0) is 24.1. The first-order valence-corrected chi connectivity index (χ1v) is 15.1. The molecule has 33 heavy (non-hydrogen) atoms. The summed E-state index contributed by atoms with van der Waals surface area (Å²) >= 11 is 0. The fourth-order valence-electron chi connectivity index (χ4n) is 4.42. The molecule has 0 radical (unpaired) electrons. The van der Waals surface area contributed by atoms with Crippen LogP contribution in [0, 0.1) is 0 Å². The molecule has 0 rings (SSSR count). The van der Waals surface area contributed by atoms with E-state index in [0.717, 1.165) is 25.7 Å². The molecule has 0 atom stereocenters. The second-order valence-electron chi connectivity index (χ2n) is 10.1. The van der Waals surface area contributed by atoms with Crippen molar-refractivity contribution in [3.05, 3.63) is 0 Å². The average molecular weight is 469 g/mol. The van der Waals surface area contributed by atoms with Crippen LogP contribution in [0.25, 0.3) is 0 Å². The summed E-state index contributed by atoms with van der Waals surface area (Å²) in [6.45, 7) is 5.57. The molecule has 0 fully saturated rings. The minimum Gasteiger partial charge on any atom is -0.434 e. The van der Waals surface area contributed by atoms with Gasteiger partial charge < -0.3 is 9.47 Å². The van der Waals surface area contributed by atoms with Gasteiger partial charge in [-0.3, -0.25) is 0 Å². The molecule has 0 aromatic carbocycles. The van der Waals surface area contributed by atoms with Gasteiger partial charge in [-0.05, 0) is 12.8 Å². The van der Waals surface area contributed by atoms with Gasteiger partial charge in [0, 0.05) is 0 Å². The Bertz CT molecular complexity index is 370. The van der Waals surface area contributed by atoms with Crippen LogP contribution in [0.2, 0.25) is 0 Å². The maximum absolute atomic E-state index is 11.6. The molecule has 0 amide bonds. The molecule has 0 N–H and O–H groups in total. The lowest BCUT2D eigenvalue weighted by atomic mass is 10.0. The van der Waals surface area contributed by atoms with Gasteiger partial charge in [0.15, 0.2) is 0 Å². The lowest BCUT2D eigenvalue weighted by Crippen LogP contribution is -2.09. The Hall–Kier alpha value is -0.730. The normalized spacial score (nSPS) is 11.1. The van der Waals surface area contributed by atoms with Crippen molar-refractivity contribution in [1.29, 1.82) is 0 Å². The fraction of sp³-hybridized carbons (Fsp3) is 0.967. The van der Waals surface area contributed by atoms with E-state index >= 15 is 0 Å². The van der Waals surface area contributed by atoms with Gasteiger partial charge in [-0.2, -0.15) is 0 Å². The maximum Gasteiger partial charge on any atom is 0.508 e. The number of carbonyl (C=O) groups excluding carboxylic acids is 1. The number of carbonyl (C=O) groups is 1. The Morgan fingerprint density at radius 3 is 0.818 bits per heavy atom. The van der Waals surface area contributed by atoms with E-state index in [4.69, 9.17) is 9.47 Å². The second-order valence-corrected chi connectivity index (χ2v) is 10.1. The first-order chi connectivity index (χ1) is 16.3. The summed E-state index contributed by atoms with van der Waals surface area (Å²) < 4.78 is 10.4. The topological polar surface area (TPSA) is 35.5 Å². The number of hydrogen-bond acceptors (Lipinski definition) is 3. The molecule has 0 bridgehead atoms. The van der Waals surface area contributed by atoms with Crippen LogP contribution in [-0.2, 0) is 9.47 Å². The third-order valence-corrected chi connectivity index (χ3v) is 6.69. The van der Waals surface area contributed by atoms with Gasteiger partial charge >= 0.3 is 6.16 Å². The van der Waals surface area contributed by atoms with Crippen molar-refractivity contribution in [3.8, 4) is 0 Å². The Balaban J connectivity index is 3.13. The van der Waals surface area contributed by atoms with Crippen molar-refractivity contribution in [3.63, 3.8) is 0 Å². The second kappa shape index (κ2) is 29.3. The molecule has 0 spiro atoms. The number of rotatable bonds is 27. The summed E-state index contributed by atoms with van der Waals surface area (Å²) in [5, 5.41) is 0. The molecule has 0 aliphatic heterocycles. The number of unbranched alkanes of at least 4 members (excludes halogenated alkanes) is 23. The first-order valence-electron chi connectivity index (χ1n) is 15.1. The van der Waals surface area contributed by atoms with E-state index in [2.05, 4.69) is 13.8 Å². The molecule has 3 heteroatoms. The zero-order valence-corrected chi connectivity index (χ0v) is 22.8. The fourth-order valence-corrected chi connectivity index (χ4v) is 4.42. The third-order valence-electron chi connectivity index (χ3n) is 6.69. The molecule has 198 valence electrons. The van der Waals surface area contributed by atoms with Crippen molar-refractivity contribution in [1.82, 2.24) is 0 Å². The summed E-state index contributed by atoms with van der Waals surface area (Å²) in [7, 11) is 0. The predicted molar refractivity (Wildman–Crippen MR) is 144 cm³/mol. The largest absolute Gasteiger partial charge is 0.508 e. The lowest BCUT2D eigenvalue weighted by Gasteiger charge is -2.07. The van der Waals surface area contributed by atoms with Crippen LogP contribution >= 0.6 is 0 Å². The minimum absolute atomic E-state index is 0.475. The molecule has 0 aliphatic carbocycles. The highest BCUT2D eigenvalue weighted by molar-refractivity contribution is 5.59. The van der Waals surface area contributed by atoms with Crippen LogP contribution in [-0.4, -0.2) is 19.4 Å². The summed E-state index contributed by atoms with van der Waals surface area (Å²) in [6, 6.07) is 0. The summed E-state index contributed by atoms with van der Waals surface area (Å²) in [5.41, 5.74) is 0. The number of hydrogen-bond donors (Lipinski definition) is 0. The van der Waals surface area contributed by atoms with Crippen LogP contribution in [0.15, 0.2) is 0 Å². The zero-order valence-electron chi connectivity index (χ0n) is 22.8. The van der Waals surface area contributed by atoms with Gasteiger partial charge in [-0.1, -0.05) is 162 Å². The van der Waals surface area contributed by atoms with Crippen LogP contribution in [0.4, 0.5) is 4.79 Å². The Kier molecular flexibility index (Phi) is 28.7. The highest BCUT2D eigenvalue weighted by atomic mass is 16.7. The van der Waals surface area contributed by atoms with Crippen LogP contribution < -0.4 is 0 Å². The Labute approximate surface area is 208 Å². The van der Waals surface area contributed by atoms with Crippen molar-refractivity contribution >= 4 is 6.16 Å².